The minimum Gasteiger partial charge on any atom is -0.481 e. The van der Waals surface area contributed by atoms with E-state index in [-0.39, 0.29) is 5.33 Å². The molecule has 0 aromatic rings. The predicted molar refractivity (Wildman–Crippen MR) is 56.8 cm³/mol. The summed E-state index contributed by atoms with van der Waals surface area (Å²) in [4.78, 5) is 34.0. The number of carboxylic acids is 1. The average Bonchev–Trinajstić information content (AvgIpc) is 2.91. The highest BCUT2D eigenvalue weighted by molar-refractivity contribution is 9.09. The summed E-state index contributed by atoms with van der Waals surface area (Å²) in [6.45, 7) is 0. The lowest BCUT2D eigenvalue weighted by molar-refractivity contribution is -0.159. The maximum atomic E-state index is 11.6. The number of ether oxygens (including phenoxy) is 3. The van der Waals surface area contributed by atoms with E-state index in [1.54, 1.807) is 0 Å². The highest BCUT2D eigenvalue weighted by Gasteiger charge is 2.71. The first-order valence-electron chi connectivity index (χ1n) is 5.39. The second-order valence-corrected chi connectivity index (χ2v) is 5.01. The van der Waals surface area contributed by atoms with E-state index in [2.05, 4.69) is 15.9 Å². The Morgan fingerprint density at radius 3 is 2.67 bits per heavy atom. The van der Waals surface area contributed by atoms with Gasteiger partial charge in [0.25, 0.3) is 0 Å². The molecule has 0 radical (unpaired) electrons. The third kappa shape index (κ3) is 1.42. The highest BCUT2D eigenvalue weighted by Crippen LogP contribution is 2.51. The Labute approximate surface area is 109 Å². The molecule has 98 valence electrons. The Balaban J connectivity index is 1.89. The molecule has 2 bridgehead atoms. The summed E-state index contributed by atoms with van der Waals surface area (Å²) in [5.41, 5.74) is 0. The van der Waals surface area contributed by atoms with Gasteiger partial charge in [0.2, 0.25) is 0 Å². The van der Waals surface area contributed by atoms with Crippen molar-refractivity contribution in [3.8, 4) is 0 Å². The van der Waals surface area contributed by atoms with Crippen LogP contribution in [0.25, 0.3) is 0 Å². The molecule has 6 atom stereocenters. The molecule has 0 amide bonds. The first-order valence-corrected chi connectivity index (χ1v) is 6.51. The summed E-state index contributed by atoms with van der Waals surface area (Å²) in [6, 6.07) is 0. The monoisotopic (exact) mass is 320 g/mol. The number of halogens is 1. The topological polar surface area (TPSA) is 99.1 Å². The molecule has 0 aromatic carbocycles. The summed E-state index contributed by atoms with van der Waals surface area (Å²) >= 11 is 2.94. The van der Waals surface area contributed by atoms with E-state index in [9.17, 15) is 14.4 Å². The summed E-state index contributed by atoms with van der Waals surface area (Å²) in [6.07, 6.45) is -2.93. The number of carbonyl (C=O) groups is 3. The molecule has 3 aliphatic rings. The third-order valence-corrected chi connectivity index (χ3v) is 4.02. The fraction of sp³-hybridized carbons (Fsp3) is 0.700. The van der Waals surface area contributed by atoms with Crippen molar-refractivity contribution in [1.29, 1.82) is 0 Å². The van der Waals surface area contributed by atoms with Gasteiger partial charge in [-0.1, -0.05) is 15.9 Å². The molecule has 0 saturated carbocycles. The molecule has 0 aromatic heterocycles. The quantitative estimate of drug-likeness (QED) is 0.543. The molecule has 6 unspecified atom stereocenters. The number of alkyl halides is 1. The van der Waals surface area contributed by atoms with Gasteiger partial charge in [-0.2, -0.15) is 0 Å². The lowest BCUT2D eigenvalue weighted by atomic mass is 9.78. The number of carboxylic acid groups (broad SMARTS) is 1. The number of fused-ring (bicyclic) bond motifs is 1. The number of hydrogen-bond acceptors (Lipinski definition) is 6. The molecule has 7 nitrogen and oxygen atoms in total. The van der Waals surface area contributed by atoms with Crippen LogP contribution in [0.2, 0.25) is 0 Å². The van der Waals surface area contributed by atoms with Gasteiger partial charge in [0.05, 0.1) is 0 Å². The molecule has 8 heteroatoms. The second kappa shape index (κ2) is 3.92. The van der Waals surface area contributed by atoms with Crippen LogP contribution in [-0.4, -0.2) is 52.8 Å². The van der Waals surface area contributed by atoms with Crippen molar-refractivity contribution in [3.05, 3.63) is 0 Å². The van der Waals surface area contributed by atoms with Crippen LogP contribution >= 0.6 is 15.9 Å². The first-order chi connectivity index (χ1) is 8.54. The summed E-state index contributed by atoms with van der Waals surface area (Å²) in [7, 11) is 0. The minimum absolute atomic E-state index is 0.0112. The zero-order valence-corrected chi connectivity index (χ0v) is 10.5. The molecular weight excluding hydrogens is 312 g/mol. The van der Waals surface area contributed by atoms with Gasteiger partial charge < -0.3 is 19.3 Å². The first kappa shape index (κ1) is 11.9. The Kier molecular flexibility index (Phi) is 2.60. The summed E-state index contributed by atoms with van der Waals surface area (Å²) in [5, 5.41) is 9.13. The van der Waals surface area contributed by atoms with E-state index in [0.717, 1.165) is 0 Å². The average molecular weight is 321 g/mol. The van der Waals surface area contributed by atoms with Crippen LogP contribution in [0.1, 0.15) is 0 Å². The van der Waals surface area contributed by atoms with Gasteiger partial charge in [-0.15, -0.1) is 0 Å². The molecule has 3 aliphatic heterocycles. The van der Waals surface area contributed by atoms with Gasteiger partial charge in [0.15, 0.2) is 12.2 Å². The zero-order chi connectivity index (χ0) is 13.0. The van der Waals surface area contributed by atoms with Crippen molar-refractivity contribution in [2.75, 3.05) is 5.33 Å². The number of hydrogen-bond donors (Lipinski definition) is 1. The van der Waals surface area contributed by atoms with Crippen LogP contribution in [0.4, 0.5) is 0 Å². The Morgan fingerprint density at radius 1 is 1.33 bits per heavy atom. The van der Waals surface area contributed by atoms with Crippen LogP contribution in [0.15, 0.2) is 0 Å². The van der Waals surface area contributed by atoms with Crippen LogP contribution < -0.4 is 0 Å². The maximum absolute atomic E-state index is 11.6. The van der Waals surface area contributed by atoms with Crippen molar-refractivity contribution in [1.82, 2.24) is 0 Å². The Morgan fingerprint density at radius 2 is 2.06 bits per heavy atom. The van der Waals surface area contributed by atoms with Gasteiger partial charge in [0.1, 0.15) is 29.4 Å². The van der Waals surface area contributed by atoms with E-state index < -0.39 is 54.2 Å². The molecule has 0 aliphatic carbocycles. The third-order valence-electron chi connectivity index (χ3n) is 3.57. The summed E-state index contributed by atoms with van der Waals surface area (Å²) in [5.74, 6) is -4.05. The standard InChI is InChI=1S/C10H9BrO7/c11-1-2(12)16-7-5-3(9(13)14)4-6(17-5)8(7)18-10(4)15/h3-8H,1H2,(H,13,14). The fourth-order valence-electron chi connectivity index (χ4n) is 2.94. The number of rotatable bonds is 3. The van der Waals surface area contributed by atoms with Crippen LogP contribution in [0.3, 0.4) is 0 Å². The zero-order valence-electron chi connectivity index (χ0n) is 8.95. The van der Waals surface area contributed by atoms with Gasteiger partial charge in [-0.05, 0) is 0 Å². The lowest BCUT2D eigenvalue weighted by Crippen LogP contribution is -2.47. The lowest BCUT2D eigenvalue weighted by Gasteiger charge is -2.25. The van der Waals surface area contributed by atoms with E-state index >= 15 is 0 Å². The molecule has 3 rings (SSSR count). The smallest absolute Gasteiger partial charge is 0.317 e. The normalized spacial score (nSPS) is 43.9. The van der Waals surface area contributed by atoms with Crippen molar-refractivity contribution in [2.45, 2.75) is 24.4 Å². The van der Waals surface area contributed by atoms with E-state index in [4.69, 9.17) is 19.3 Å². The van der Waals surface area contributed by atoms with Crippen molar-refractivity contribution in [2.24, 2.45) is 11.8 Å². The van der Waals surface area contributed by atoms with Crippen LogP contribution in [0, 0.1) is 11.8 Å². The Bertz CT molecular complexity index is 436. The highest BCUT2D eigenvalue weighted by atomic mass is 79.9. The van der Waals surface area contributed by atoms with Crippen LogP contribution in [-0.2, 0) is 28.6 Å². The van der Waals surface area contributed by atoms with E-state index in [0.29, 0.717) is 0 Å². The van der Waals surface area contributed by atoms with Gasteiger partial charge in [-0.25, -0.2) is 0 Å². The second-order valence-electron chi connectivity index (χ2n) is 4.44. The number of aliphatic carboxylic acids is 1. The number of carbonyl (C=O) groups excluding carboxylic acids is 2. The van der Waals surface area contributed by atoms with Crippen molar-refractivity contribution >= 4 is 33.8 Å². The summed E-state index contributed by atoms with van der Waals surface area (Å²) < 4.78 is 15.6. The van der Waals surface area contributed by atoms with Crippen molar-refractivity contribution < 1.29 is 33.7 Å². The van der Waals surface area contributed by atoms with Crippen molar-refractivity contribution in [3.63, 3.8) is 0 Å². The maximum Gasteiger partial charge on any atom is 0.317 e. The molecule has 3 fully saturated rings. The fourth-order valence-corrected chi connectivity index (χ4v) is 3.07. The molecular formula is C10H9BrO7. The van der Waals surface area contributed by atoms with Gasteiger partial charge >= 0.3 is 17.9 Å². The molecule has 3 saturated heterocycles. The number of esters is 2. The molecule has 0 spiro atoms. The van der Waals surface area contributed by atoms with Gasteiger partial charge in [0, 0.05) is 0 Å². The molecule has 3 heterocycles. The molecule has 18 heavy (non-hydrogen) atoms. The van der Waals surface area contributed by atoms with Gasteiger partial charge in [-0.3, -0.25) is 14.4 Å². The largest absolute Gasteiger partial charge is 0.481 e. The van der Waals surface area contributed by atoms with E-state index in [1.165, 1.54) is 0 Å². The van der Waals surface area contributed by atoms with E-state index in [1.807, 2.05) is 0 Å². The molecule has 1 N–H and O–H groups in total. The SMILES string of the molecule is O=C(CBr)OC1C2OC(=O)C3C2OC1C3C(=O)O. The Hall–Kier alpha value is -1.15. The predicted octanol–water partition coefficient (Wildman–Crippen LogP) is -0.683. The minimum atomic E-state index is -1.13. The van der Waals surface area contributed by atoms with Crippen LogP contribution in [0.5, 0.6) is 0 Å².